The van der Waals surface area contributed by atoms with E-state index < -0.39 is 0 Å². The van der Waals surface area contributed by atoms with Crippen LogP contribution in [0.5, 0.6) is 0 Å². The number of nitrogens with two attached hydrogens (primary N) is 1. The fraction of sp³-hybridized carbons (Fsp3) is 0.500. The molecule has 1 aliphatic rings. The zero-order valence-corrected chi connectivity index (χ0v) is 11.4. The van der Waals surface area contributed by atoms with Crippen molar-refractivity contribution in [3.05, 3.63) is 34.9 Å². The molecule has 0 bridgehead atoms. The SMILES string of the molecule is CC1CCN(C(=O)c2ccccc2Cl)C(CN)C1. The maximum atomic E-state index is 12.5. The van der Waals surface area contributed by atoms with Crippen molar-refractivity contribution >= 4 is 17.5 Å². The third-order valence-electron chi connectivity index (χ3n) is 3.62. The summed E-state index contributed by atoms with van der Waals surface area (Å²) in [6.07, 6.45) is 2.01. The van der Waals surface area contributed by atoms with Crippen molar-refractivity contribution in [3.63, 3.8) is 0 Å². The first-order valence-electron chi connectivity index (χ1n) is 6.39. The normalized spacial score (nSPS) is 24.1. The Kier molecular flexibility index (Phi) is 4.25. The van der Waals surface area contributed by atoms with E-state index in [0.29, 0.717) is 23.0 Å². The van der Waals surface area contributed by atoms with Gasteiger partial charge in [0, 0.05) is 19.1 Å². The molecule has 2 atom stereocenters. The van der Waals surface area contributed by atoms with Gasteiger partial charge in [-0.3, -0.25) is 4.79 Å². The highest BCUT2D eigenvalue weighted by Crippen LogP contribution is 2.25. The largest absolute Gasteiger partial charge is 0.334 e. The highest BCUT2D eigenvalue weighted by atomic mass is 35.5. The average molecular weight is 267 g/mol. The van der Waals surface area contributed by atoms with E-state index >= 15 is 0 Å². The van der Waals surface area contributed by atoms with Crippen LogP contribution >= 0.6 is 11.6 Å². The minimum Gasteiger partial charge on any atom is -0.334 e. The molecular formula is C14H19ClN2O. The van der Waals surface area contributed by atoms with Gasteiger partial charge in [-0.25, -0.2) is 0 Å². The van der Waals surface area contributed by atoms with Crippen LogP contribution in [0.2, 0.25) is 5.02 Å². The molecule has 0 aromatic heterocycles. The molecule has 1 fully saturated rings. The minimum absolute atomic E-state index is 0.00273. The van der Waals surface area contributed by atoms with Gasteiger partial charge in [0.25, 0.3) is 5.91 Å². The van der Waals surface area contributed by atoms with Crippen LogP contribution in [0.15, 0.2) is 24.3 Å². The fourth-order valence-corrected chi connectivity index (χ4v) is 2.75. The summed E-state index contributed by atoms with van der Waals surface area (Å²) < 4.78 is 0. The number of piperidine rings is 1. The Morgan fingerprint density at radius 2 is 2.22 bits per heavy atom. The number of hydrogen-bond acceptors (Lipinski definition) is 2. The van der Waals surface area contributed by atoms with E-state index in [9.17, 15) is 4.79 Å². The zero-order chi connectivity index (χ0) is 13.1. The molecular weight excluding hydrogens is 248 g/mol. The van der Waals surface area contributed by atoms with Crippen molar-refractivity contribution in [1.29, 1.82) is 0 Å². The van der Waals surface area contributed by atoms with Crippen molar-refractivity contribution < 1.29 is 4.79 Å². The number of carbonyl (C=O) groups excluding carboxylic acids is 1. The van der Waals surface area contributed by atoms with Crippen molar-refractivity contribution in [3.8, 4) is 0 Å². The summed E-state index contributed by atoms with van der Waals surface area (Å²) in [6, 6.07) is 7.33. The van der Waals surface area contributed by atoms with Gasteiger partial charge in [0.05, 0.1) is 10.6 Å². The van der Waals surface area contributed by atoms with Gasteiger partial charge >= 0.3 is 0 Å². The molecule has 2 unspecified atom stereocenters. The van der Waals surface area contributed by atoms with Gasteiger partial charge in [-0.1, -0.05) is 30.7 Å². The maximum Gasteiger partial charge on any atom is 0.255 e. The van der Waals surface area contributed by atoms with E-state index in [0.717, 1.165) is 19.4 Å². The van der Waals surface area contributed by atoms with Crippen LogP contribution in [-0.2, 0) is 0 Å². The molecule has 2 N–H and O–H groups in total. The summed E-state index contributed by atoms with van der Waals surface area (Å²) in [6.45, 7) is 3.49. The quantitative estimate of drug-likeness (QED) is 0.894. The lowest BCUT2D eigenvalue weighted by molar-refractivity contribution is 0.0574. The molecule has 1 aliphatic heterocycles. The van der Waals surface area contributed by atoms with E-state index in [1.807, 2.05) is 17.0 Å². The number of amides is 1. The highest BCUT2D eigenvalue weighted by molar-refractivity contribution is 6.33. The van der Waals surface area contributed by atoms with Crippen molar-refractivity contribution in [2.45, 2.75) is 25.8 Å². The molecule has 1 amide bonds. The number of benzene rings is 1. The summed E-state index contributed by atoms with van der Waals surface area (Å²) in [5, 5.41) is 0.511. The topological polar surface area (TPSA) is 46.3 Å². The predicted octanol–water partition coefficient (Wildman–Crippen LogP) is 2.54. The first-order valence-corrected chi connectivity index (χ1v) is 6.77. The minimum atomic E-state index is 0.00273. The molecule has 98 valence electrons. The molecule has 1 aromatic carbocycles. The lowest BCUT2D eigenvalue weighted by atomic mass is 9.92. The van der Waals surface area contributed by atoms with Crippen LogP contribution in [0.4, 0.5) is 0 Å². The van der Waals surface area contributed by atoms with Gasteiger partial charge < -0.3 is 10.6 Å². The summed E-state index contributed by atoms with van der Waals surface area (Å²) >= 11 is 6.08. The second-order valence-electron chi connectivity index (χ2n) is 5.00. The zero-order valence-electron chi connectivity index (χ0n) is 10.6. The summed E-state index contributed by atoms with van der Waals surface area (Å²) in [4.78, 5) is 14.4. The first kappa shape index (κ1) is 13.4. The Balaban J connectivity index is 2.20. The van der Waals surface area contributed by atoms with E-state index in [1.54, 1.807) is 12.1 Å². The molecule has 1 heterocycles. The number of hydrogen-bond donors (Lipinski definition) is 1. The molecule has 0 aliphatic carbocycles. The fourth-order valence-electron chi connectivity index (χ4n) is 2.53. The van der Waals surface area contributed by atoms with E-state index in [4.69, 9.17) is 17.3 Å². The van der Waals surface area contributed by atoms with Crippen LogP contribution in [0, 0.1) is 5.92 Å². The van der Waals surface area contributed by atoms with Gasteiger partial charge in [-0.2, -0.15) is 0 Å². The number of rotatable bonds is 2. The third-order valence-corrected chi connectivity index (χ3v) is 3.94. The number of nitrogens with zero attached hydrogens (tertiary/aromatic N) is 1. The van der Waals surface area contributed by atoms with E-state index in [-0.39, 0.29) is 11.9 Å². The molecule has 0 spiro atoms. The first-order chi connectivity index (χ1) is 8.63. The number of halogens is 1. The van der Waals surface area contributed by atoms with E-state index in [2.05, 4.69) is 6.92 Å². The second kappa shape index (κ2) is 5.72. The average Bonchev–Trinajstić information content (AvgIpc) is 2.38. The Morgan fingerprint density at radius 3 is 2.89 bits per heavy atom. The highest BCUT2D eigenvalue weighted by Gasteiger charge is 2.30. The molecule has 0 radical (unpaired) electrons. The number of likely N-dealkylation sites (tertiary alicyclic amines) is 1. The third kappa shape index (κ3) is 2.68. The van der Waals surface area contributed by atoms with Gasteiger partial charge in [-0.05, 0) is 30.9 Å². The van der Waals surface area contributed by atoms with Gasteiger partial charge in [0.1, 0.15) is 0 Å². The van der Waals surface area contributed by atoms with Crippen molar-refractivity contribution in [2.24, 2.45) is 11.7 Å². The van der Waals surface area contributed by atoms with Gasteiger partial charge in [0.15, 0.2) is 0 Å². The van der Waals surface area contributed by atoms with Gasteiger partial charge in [0.2, 0.25) is 0 Å². The standard InChI is InChI=1S/C14H19ClN2O/c1-10-6-7-17(11(8-10)9-16)14(18)12-4-2-3-5-13(12)15/h2-5,10-11H,6-9,16H2,1H3. The smallest absolute Gasteiger partial charge is 0.255 e. The summed E-state index contributed by atoms with van der Waals surface area (Å²) in [5.74, 6) is 0.636. The Morgan fingerprint density at radius 1 is 1.50 bits per heavy atom. The molecule has 1 saturated heterocycles. The summed E-state index contributed by atoms with van der Waals surface area (Å²) in [7, 11) is 0. The van der Waals surface area contributed by atoms with E-state index in [1.165, 1.54) is 0 Å². The van der Waals surface area contributed by atoms with Crippen LogP contribution in [0.3, 0.4) is 0 Å². The van der Waals surface area contributed by atoms with Gasteiger partial charge in [-0.15, -0.1) is 0 Å². The maximum absolute atomic E-state index is 12.5. The Hall–Kier alpha value is -1.06. The Labute approximate surface area is 113 Å². The molecule has 4 heteroatoms. The molecule has 3 nitrogen and oxygen atoms in total. The lowest BCUT2D eigenvalue weighted by Crippen LogP contribution is -2.49. The molecule has 18 heavy (non-hydrogen) atoms. The Bertz CT molecular complexity index is 436. The molecule has 2 rings (SSSR count). The molecule has 1 aromatic rings. The van der Waals surface area contributed by atoms with Crippen LogP contribution in [0.1, 0.15) is 30.1 Å². The van der Waals surface area contributed by atoms with Crippen LogP contribution < -0.4 is 5.73 Å². The predicted molar refractivity (Wildman–Crippen MR) is 73.7 cm³/mol. The van der Waals surface area contributed by atoms with Crippen molar-refractivity contribution in [2.75, 3.05) is 13.1 Å². The monoisotopic (exact) mass is 266 g/mol. The lowest BCUT2D eigenvalue weighted by Gasteiger charge is -2.38. The van der Waals surface area contributed by atoms with Crippen LogP contribution in [0.25, 0.3) is 0 Å². The second-order valence-corrected chi connectivity index (χ2v) is 5.40. The number of carbonyl (C=O) groups is 1. The molecule has 0 saturated carbocycles. The van der Waals surface area contributed by atoms with Crippen molar-refractivity contribution in [1.82, 2.24) is 4.90 Å². The van der Waals surface area contributed by atoms with Crippen LogP contribution in [-0.4, -0.2) is 29.9 Å². The summed E-state index contributed by atoms with van der Waals surface area (Å²) in [5.41, 5.74) is 6.36.